The number of hydrogen-bond donors (Lipinski definition) is 0. The fourth-order valence-corrected chi connectivity index (χ4v) is 1.18. The van der Waals surface area contributed by atoms with Gasteiger partial charge in [-0.15, -0.1) is 5.06 Å². The van der Waals surface area contributed by atoms with Crippen molar-refractivity contribution < 1.29 is 4.84 Å². The number of hydroxylamine groups is 2. The summed E-state index contributed by atoms with van der Waals surface area (Å²) in [6, 6.07) is 1.93. The highest BCUT2D eigenvalue weighted by atomic mass is 16.7. The van der Waals surface area contributed by atoms with Gasteiger partial charge < -0.3 is 4.84 Å². The quantitative estimate of drug-likeness (QED) is 0.550. The highest BCUT2D eigenvalue weighted by Gasteiger charge is 2.34. The Morgan fingerprint density at radius 3 is 2.50 bits per heavy atom. The van der Waals surface area contributed by atoms with Crippen molar-refractivity contribution in [1.29, 1.82) is 5.26 Å². The van der Waals surface area contributed by atoms with Crippen molar-refractivity contribution in [2.45, 2.75) is 39.3 Å². The molecule has 3 heteroatoms. The lowest BCUT2D eigenvalue weighted by Gasteiger charge is -2.32. The molecule has 0 N–H and O–H groups in total. The van der Waals surface area contributed by atoms with Crippen LogP contribution >= 0.6 is 0 Å². The predicted molar refractivity (Wildman–Crippen MR) is 45.8 cm³/mol. The van der Waals surface area contributed by atoms with E-state index in [9.17, 15) is 0 Å². The molecule has 0 radical (unpaired) electrons. The first kappa shape index (κ1) is 9.08. The van der Waals surface area contributed by atoms with Gasteiger partial charge in [0.25, 0.3) is 0 Å². The lowest BCUT2D eigenvalue weighted by atomic mass is 10.1. The van der Waals surface area contributed by atoms with Gasteiger partial charge in [0.2, 0.25) is 0 Å². The average molecular weight is 166 g/mol. The van der Waals surface area contributed by atoms with Gasteiger partial charge >= 0.3 is 0 Å². The maximum absolute atomic E-state index is 8.80. The highest BCUT2D eigenvalue weighted by molar-refractivity contribution is 5.13. The number of rotatable bonds is 0. The van der Waals surface area contributed by atoms with E-state index in [2.05, 4.69) is 6.07 Å². The second-order valence-corrected chi connectivity index (χ2v) is 3.94. The summed E-state index contributed by atoms with van der Waals surface area (Å²) in [5.74, 6) is 0.802. The van der Waals surface area contributed by atoms with E-state index in [0.717, 1.165) is 5.76 Å². The molecule has 1 rings (SSSR count). The zero-order valence-electron chi connectivity index (χ0n) is 7.96. The highest BCUT2D eigenvalue weighted by Crippen LogP contribution is 2.26. The normalized spacial score (nSPS) is 24.6. The Hall–Kier alpha value is -1.01. The number of allylic oxidation sites excluding steroid dienone is 1. The summed E-state index contributed by atoms with van der Waals surface area (Å²) in [5.41, 5.74) is -0.130. The molecular weight excluding hydrogens is 152 g/mol. The molecule has 1 atom stereocenters. The number of hydrogen-bond acceptors (Lipinski definition) is 3. The largest absolute Gasteiger partial charge is 0.409 e. The van der Waals surface area contributed by atoms with Gasteiger partial charge in [0, 0.05) is 0 Å². The molecule has 1 unspecified atom stereocenters. The van der Waals surface area contributed by atoms with Gasteiger partial charge in [-0.2, -0.15) is 5.26 Å². The van der Waals surface area contributed by atoms with E-state index in [-0.39, 0.29) is 11.6 Å². The van der Waals surface area contributed by atoms with E-state index in [4.69, 9.17) is 10.1 Å². The van der Waals surface area contributed by atoms with Crippen molar-refractivity contribution in [3.8, 4) is 6.07 Å². The summed E-state index contributed by atoms with van der Waals surface area (Å²) >= 11 is 0. The molecule has 66 valence electrons. The monoisotopic (exact) mass is 166 g/mol. The molecule has 0 aliphatic carbocycles. The third-order valence-electron chi connectivity index (χ3n) is 1.68. The summed E-state index contributed by atoms with van der Waals surface area (Å²) < 4.78 is 0. The van der Waals surface area contributed by atoms with Crippen molar-refractivity contribution >= 4 is 0 Å². The van der Waals surface area contributed by atoms with Crippen LogP contribution in [0.3, 0.4) is 0 Å². The summed E-state index contributed by atoms with van der Waals surface area (Å²) in [4.78, 5) is 5.40. The summed E-state index contributed by atoms with van der Waals surface area (Å²) in [7, 11) is 0. The smallest absolute Gasteiger partial charge is 0.154 e. The Labute approximate surface area is 73.2 Å². The molecule has 0 saturated carbocycles. The van der Waals surface area contributed by atoms with Crippen molar-refractivity contribution in [3.63, 3.8) is 0 Å². The molecule has 0 aromatic rings. The van der Waals surface area contributed by atoms with Crippen LogP contribution in [0.15, 0.2) is 11.8 Å². The third kappa shape index (κ3) is 1.59. The molecule has 0 bridgehead atoms. The first-order valence-corrected chi connectivity index (χ1v) is 4.00. The molecule has 1 heterocycles. The van der Waals surface area contributed by atoms with Crippen LogP contribution in [0.2, 0.25) is 0 Å². The maximum Gasteiger partial charge on any atom is 0.154 e. The molecule has 0 fully saturated rings. The maximum atomic E-state index is 8.80. The molecule has 0 amide bonds. The van der Waals surface area contributed by atoms with E-state index < -0.39 is 0 Å². The van der Waals surface area contributed by atoms with Crippen molar-refractivity contribution in [2.24, 2.45) is 0 Å². The van der Waals surface area contributed by atoms with Gasteiger partial charge in [-0.05, 0) is 33.8 Å². The van der Waals surface area contributed by atoms with Crippen molar-refractivity contribution in [3.05, 3.63) is 11.8 Å². The summed E-state index contributed by atoms with van der Waals surface area (Å²) in [6.45, 7) is 7.91. The minimum absolute atomic E-state index is 0.130. The topological polar surface area (TPSA) is 36.3 Å². The van der Waals surface area contributed by atoms with Crippen LogP contribution in [0.1, 0.15) is 27.7 Å². The number of nitrogens with zero attached hydrogens (tertiary/aromatic N) is 2. The van der Waals surface area contributed by atoms with Crippen LogP contribution in [0.25, 0.3) is 0 Å². The Bertz CT molecular complexity index is 244. The van der Waals surface area contributed by atoms with Crippen molar-refractivity contribution in [2.75, 3.05) is 0 Å². The molecule has 0 saturated heterocycles. The van der Waals surface area contributed by atoms with Gasteiger partial charge in [0.05, 0.1) is 11.6 Å². The van der Waals surface area contributed by atoms with E-state index in [1.807, 2.05) is 33.8 Å². The minimum Gasteiger partial charge on any atom is -0.409 e. The fraction of sp³-hybridized carbons (Fsp3) is 0.667. The zero-order valence-corrected chi connectivity index (χ0v) is 7.96. The van der Waals surface area contributed by atoms with Gasteiger partial charge in [0.1, 0.15) is 5.76 Å². The Balaban J connectivity index is 2.80. The molecule has 0 spiro atoms. The van der Waals surface area contributed by atoms with E-state index in [0.29, 0.717) is 0 Å². The van der Waals surface area contributed by atoms with Gasteiger partial charge in [-0.25, -0.2) is 0 Å². The lowest BCUT2D eigenvalue weighted by Crippen LogP contribution is -2.43. The van der Waals surface area contributed by atoms with Crippen LogP contribution in [0.5, 0.6) is 0 Å². The van der Waals surface area contributed by atoms with Crippen LogP contribution in [0, 0.1) is 11.3 Å². The lowest BCUT2D eigenvalue weighted by molar-refractivity contribution is -0.165. The molecule has 0 aromatic carbocycles. The van der Waals surface area contributed by atoms with Crippen LogP contribution in [0.4, 0.5) is 0 Å². The first-order valence-electron chi connectivity index (χ1n) is 4.00. The minimum atomic E-state index is -0.245. The number of nitriles is 1. The Kier molecular flexibility index (Phi) is 2.12. The molecule has 0 aromatic heterocycles. The average Bonchev–Trinajstić information content (AvgIpc) is 2.29. The third-order valence-corrected chi connectivity index (χ3v) is 1.68. The van der Waals surface area contributed by atoms with E-state index >= 15 is 0 Å². The van der Waals surface area contributed by atoms with Crippen LogP contribution < -0.4 is 0 Å². The molecule has 12 heavy (non-hydrogen) atoms. The fourth-order valence-electron chi connectivity index (χ4n) is 1.18. The van der Waals surface area contributed by atoms with Crippen LogP contribution in [-0.2, 0) is 4.84 Å². The second-order valence-electron chi connectivity index (χ2n) is 3.94. The summed E-state index contributed by atoms with van der Waals surface area (Å²) in [6.07, 6.45) is 1.82. The first-order chi connectivity index (χ1) is 5.45. The molecule has 3 nitrogen and oxygen atoms in total. The van der Waals surface area contributed by atoms with Gasteiger partial charge in [-0.1, -0.05) is 0 Å². The van der Waals surface area contributed by atoms with E-state index in [1.165, 1.54) is 0 Å². The Morgan fingerprint density at radius 2 is 2.17 bits per heavy atom. The predicted octanol–water partition coefficient (Wildman–Crippen LogP) is 1.83. The van der Waals surface area contributed by atoms with Crippen LogP contribution in [-0.4, -0.2) is 16.6 Å². The molecule has 1 aliphatic rings. The molecule has 1 aliphatic heterocycles. The Morgan fingerprint density at radius 1 is 1.58 bits per heavy atom. The zero-order chi connectivity index (χ0) is 9.35. The van der Waals surface area contributed by atoms with Gasteiger partial charge in [-0.3, -0.25) is 0 Å². The standard InChI is InChI=1S/C9H14N2O/c1-7-5-8(6-10)11(12-7)9(2,3)4/h5,8H,1-4H3. The second kappa shape index (κ2) is 2.80. The SMILES string of the molecule is CC1=CC(C#N)N(C(C)(C)C)O1. The van der Waals surface area contributed by atoms with Crippen molar-refractivity contribution in [1.82, 2.24) is 5.06 Å². The molecular formula is C9H14N2O. The van der Waals surface area contributed by atoms with Gasteiger partial charge in [0.15, 0.2) is 6.04 Å². The van der Waals surface area contributed by atoms with E-state index in [1.54, 1.807) is 5.06 Å². The summed E-state index contributed by atoms with van der Waals surface area (Å²) in [5, 5.41) is 10.5.